The van der Waals surface area contributed by atoms with Gasteiger partial charge in [0.2, 0.25) is 0 Å². The first kappa shape index (κ1) is 20.2. The Labute approximate surface area is 178 Å². The van der Waals surface area contributed by atoms with E-state index in [4.69, 9.17) is 4.98 Å². The first-order valence-corrected chi connectivity index (χ1v) is 10.6. The van der Waals surface area contributed by atoms with Crippen LogP contribution in [0.3, 0.4) is 0 Å². The van der Waals surface area contributed by atoms with Crippen LogP contribution in [0.15, 0.2) is 66.9 Å². The van der Waals surface area contributed by atoms with Crippen molar-refractivity contribution in [1.29, 1.82) is 0 Å². The molecule has 3 aromatic rings. The van der Waals surface area contributed by atoms with Gasteiger partial charge in [-0.3, -0.25) is 0 Å². The van der Waals surface area contributed by atoms with E-state index in [1.165, 1.54) is 5.56 Å². The molecule has 5 nitrogen and oxygen atoms in total. The molecule has 0 spiro atoms. The standard InChI is InChI=1S/C25H30N4O/c1-25(2,3)22(29-16-10-15-26-24(29)30)23-27-21(20-13-8-5-9-14-20)18-28(23)17-19-11-6-4-7-12-19/h4-9,11-14,18,22H,10,15-17H2,1-3H3,(H,26,30)/t22-/m0/s1. The lowest BCUT2D eigenvalue weighted by Crippen LogP contribution is -2.51. The Balaban J connectivity index is 1.82. The third-order valence-corrected chi connectivity index (χ3v) is 5.56. The van der Waals surface area contributed by atoms with Gasteiger partial charge < -0.3 is 14.8 Å². The van der Waals surface area contributed by atoms with Crippen molar-refractivity contribution < 1.29 is 4.79 Å². The average Bonchev–Trinajstić information content (AvgIpc) is 3.13. The molecule has 1 atom stereocenters. The van der Waals surface area contributed by atoms with Crippen molar-refractivity contribution in [2.45, 2.75) is 39.8 Å². The summed E-state index contributed by atoms with van der Waals surface area (Å²) < 4.78 is 2.22. The van der Waals surface area contributed by atoms with Crippen molar-refractivity contribution in [3.05, 3.63) is 78.2 Å². The predicted molar refractivity (Wildman–Crippen MR) is 120 cm³/mol. The zero-order chi connectivity index (χ0) is 21.1. The molecule has 30 heavy (non-hydrogen) atoms. The third kappa shape index (κ3) is 4.25. The fourth-order valence-electron chi connectivity index (χ4n) is 4.19. The maximum atomic E-state index is 12.8. The molecule has 0 unspecified atom stereocenters. The van der Waals surface area contributed by atoms with E-state index in [0.717, 1.165) is 43.1 Å². The molecule has 0 radical (unpaired) electrons. The number of hydrogen-bond donors (Lipinski definition) is 1. The van der Waals surface area contributed by atoms with Gasteiger partial charge in [0.15, 0.2) is 0 Å². The van der Waals surface area contributed by atoms with Crippen LogP contribution in [0.1, 0.15) is 44.6 Å². The van der Waals surface area contributed by atoms with Gasteiger partial charge in [0.25, 0.3) is 0 Å². The SMILES string of the molecule is CC(C)(C)[C@H](c1nc(-c2ccccc2)cn1Cc1ccccc1)N1CCCNC1=O. The smallest absolute Gasteiger partial charge is 0.318 e. The topological polar surface area (TPSA) is 50.2 Å². The summed E-state index contributed by atoms with van der Waals surface area (Å²) in [5.41, 5.74) is 3.07. The monoisotopic (exact) mass is 402 g/mol. The molecule has 2 aromatic carbocycles. The minimum Gasteiger partial charge on any atom is -0.338 e. The van der Waals surface area contributed by atoms with Crippen LogP contribution in [-0.4, -0.2) is 33.6 Å². The molecule has 1 fully saturated rings. The Morgan fingerprint density at radius 2 is 1.70 bits per heavy atom. The summed E-state index contributed by atoms with van der Waals surface area (Å²) in [7, 11) is 0. The Hall–Kier alpha value is -3.08. The van der Waals surface area contributed by atoms with Gasteiger partial charge in [-0.05, 0) is 17.4 Å². The number of carbonyl (C=O) groups excluding carboxylic acids is 1. The van der Waals surface area contributed by atoms with E-state index in [-0.39, 0.29) is 17.5 Å². The summed E-state index contributed by atoms with van der Waals surface area (Å²) in [6.45, 7) is 8.75. The van der Waals surface area contributed by atoms with E-state index in [1.807, 2.05) is 29.2 Å². The molecule has 1 N–H and O–H groups in total. The van der Waals surface area contributed by atoms with E-state index in [9.17, 15) is 4.79 Å². The quantitative estimate of drug-likeness (QED) is 0.645. The van der Waals surface area contributed by atoms with E-state index in [2.05, 4.69) is 73.3 Å². The van der Waals surface area contributed by atoms with Crippen molar-refractivity contribution in [2.24, 2.45) is 5.41 Å². The van der Waals surface area contributed by atoms with E-state index in [0.29, 0.717) is 0 Å². The Morgan fingerprint density at radius 1 is 1.03 bits per heavy atom. The molecule has 0 aliphatic carbocycles. The van der Waals surface area contributed by atoms with Crippen LogP contribution in [0.2, 0.25) is 0 Å². The summed E-state index contributed by atoms with van der Waals surface area (Å²) in [6.07, 6.45) is 3.07. The number of hydrogen-bond acceptors (Lipinski definition) is 2. The second kappa shape index (κ2) is 8.34. The molecule has 1 aromatic heterocycles. The Morgan fingerprint density at radius 3 is 2.33 bits per heavy atom. The number of aromatic nitrogens is 2. The van der Waals surface area contributed by atoms with Crippen LogP contribution in [0.5, 0.6) is 0 Å². The second-order valence-electron chi connectivity index (χ2n) is 9.01. The fraction of sp³-hybridized carbons (Fsp3) is 0.360. The largest absolute Gasteiger partial charge is 0.338 e. The lowest BCUT2D eigenvalue weighted by Gasteiger charge is -2.41. The molecule has 4 rings (SSSR count). The molecule has 1 aliphatic heterocycles. The highest BCUT2D eigenvalue weighted by Crippen LogP contribution is 2.39. The number of amides is 2. The van der Waals surface area contributed by atoms with E-state index < -0.39 is 0 Å². The molecule has 2 amide bonds. The van der Waals surface area contributed by atoms with Gasteiger partial charge in [0.1, 0.15) is 5.82 Å². The molecular formula is C25H30N4O. The minimum absolute atomic E-state index is 0.00306. The lowest BCUT2D eigenvalue weighted by molar-refractivity contribution is 0.0981. The molecule has 156 valence electrons. The van der Waals surface area contributed by atoms with Crippen LogP contribution >= 0.6 is 0 Å². The number of urea groups is 1. The van der Waals surface area contributed by atoms with Crippen LogP contribution in [0, 0.1) is 5.41 Å². The van der Waals surface area contributed by atoms with Gasteiger partial charge in [-0.2, -0.15) is 0 Å². The van der Waals surface area contributed by atoms with Crippen LogP contribution in [0.25, 0.3) is 11.3 Å². The number of carbonyl (C=O) groups is 1. The third-order valence-electron chi connectivity index (χ3n) is 5.56. The van der Waals surface area contributed by atoms with Gasteiger partial charge in [0.05, 0.1) is 11.7 Å². The lowest BCUT2D eigenvalue weighted by atomic mass is 9.84. The summed E-state index contributed by atoms with van der Waals surface area (Å²) in [4.78, 5) is 19.8. The minimum atomic E-state index is -0.164. The molecule has 0 saturated carbocycles. The number of nitrogens with one attached hydrogen (secondary N) is 1. The maximum Gasteiger partial charge on any atom is 0.318 e. The number of rotatable bonds is 5. The molecule has 2 heterocycles. The first-order chi connectivity index (χ1) is 14.4. The highest BCUT2D eigenvalue weighted by Gasteiger charge is 2.39. The number of nitrogens with zero attached hydrogens (tertiary/aromatic N) is 3. The fourth-order valence-corrected chi connectivity index (χ4v) is 4.19. The summed E-state index contributed by atoms with van der Waals surface area (Å²) in [6, 6.07) is 20.5. The first-order valence-electron chi connectivity index (χ1n) is 10.6. The number of benzene rings is 2. The van der Waals surface area contributed by atoms with Crippen molar-refractivity contribution in [3.63, 3.8) is 0 Å². The Kier molecular flexibility index (Phi) is 5.62. The van der Waals surface area contributed by atoms with E-state index >= 15 is 0 Å². The molecule has 0 bridgehead atoms. The summed E-state index contributed by atoms with van der Waals surface area (Å²) in [5, 5.41) is 3.01. The van der Waals surface area contributed by atoms with Gasteiger partial charge in [-0.1, -0.05) is 81.4 Å². The van der Waals surface area contributed by atoms with Gasteiger partial charge >= 0.3 is 6.03 Å². The van der Waals surface area contributed by atoms with Crippen LogP contribution < -0.4 is 5.32 Å². The molecule has 5 heteroatoms. The predicted octanol–water partition coefficient (Wildman–Crippen LogP) is 5.10. The average molecular weight is 403 g/mol. The van der Waals surface area contributed by atoms with Crippen LogP contribution in [-0.2, 0) is 6.54 Å². The maximum absolute atomic E-state index is 12.8. The zero-order valence-corrected chi connectivity index (χ0v) is 18.0. The molecule has 1 saturated heterocycles. The zero-order valence-electron chi connectivity index (χ0n) is 18.0. The van der Waals surface area contributed by atoms with Gasteiger partial charge in [-0.25, -0.2) is 9.78 Å². The number of imidazole rings is 1. The molecular weight excluding hydrogens is 372 g/mol. The van der Waals surface area contributed by atoms with Gasteiger partial charge in [0, 0.05) is 31.4 Å². The second-order valence-corrected chi connectivity index (χ2v) is 9.01. The summed E-state index contributed by atoms with van der Waals surface area (Å²) in [5.74, 6) is 0.933. The normalized spacial score (nSPS) is 15.7. The Bertz CT molecular complexity index is 989. The van der Waals surface area contributed by atoms with Crippen molar-refractivity contribution >= 4 is 6.03 Å². The highest BCUT2D eigenvalue weighted by molar-refractivity contribution is 5.75. The van der Waals surface area contributed by atoms with Crippen LogP contribution in [0.4, 0.5) is 4.79 Å². The summed E-state index contributed by atoms with van der Waals surface area (Å²) >= 11 is 0. The molecule has 1 aliphatic rings. The van der Waals surface area contributed by atoms with Gasteiger partial charge in [-0.15, -0.1) is 0 Å². The van der Waals surface area contributed by atoms with Crippen molar-refractivity contribution in [1.82, 2.24) is 19.8 Å². The highest BCUT2D eigenvalue weighted by atomic mass is 16.2. The van der Waals surface area contributed by atoms with Crippen molar-refractivity contribution in [2.75, 3.05) is 13.1 Å². The van der Waals surface area contributed by atoms with E-state index in [1.54, 1.807) is 0 Å². The van der Waals surface area contributed by atoms with Crippen molar-refractivity contribution in [3.8, 4) is 11.3 Å².